The van der Waals surface area contributed by atoms with Crippen molar-refractivity contribution in [2.75, 3.05) is 19.0 Å². The predicted molar refractivity (Wildman–Crippen MR) is 162 cm³/mol. The zero-order valence-electron chi connectivity index (χ0n) is 22.4. The molecule has 0 bridgehead atoms. The average molecular weight is 560 g/mol. The van der Waals surface area contributed by atoms with Crippen LogP contribution >= 0.6 is 11.3 Å². The summed E-state index contributed by atoms with van der Waals surface area (Å²) in [5, 5.41) is 7.73. The summed E-state index contributed by atoms with van der Waals surface area (Å²) in [5.41, 5.74) is 5.37. The van der Waals surface area contributed by atoms with Crippen molar-refractivity contribution >= 4 is 50.0 Å². The molecule has 0 saturated heterocycles. The second-order valence-electron chi connectivity index (χ2n) is 9.53. The van der Waals surface area contributed by atoms with Crippen LogP contribution in [0.15, 0.2) is 96.4 Å². The van der Waals surface area contributed by atoms with E-state index in [1.807, 2.05) is 97.2 Å². The van der Waals surface area contributed by atoms with Gasteiger partial charge in [-0.15, -0.1) is 11.3 Å². The second kappa shape index (κ2) is 11.2. The number of esters is 1. The number of rotatable bonds is 7. The highest BCUT2D eigenvalue weighted by Crippen LogP contribution is 2.30. The van der Waals surface area contributed by atoms with Crippen molar-refractivity contribution in [3.8, 4) is 28.3 Å². The Morgan fingerprint density at radius 3 is 2.41 bits per heavy atom. The summed E-state index contributed by atoms with van der Waals surface area (Å²) in [5.74, 6) is -0.290. The highest BCUT2D eigenvalue weighted by atomic mass is 32.1. The standard InChI is InChI=1S/C33H25N3O4S/c1-20-7-9-21(10-8-20)30-19-41-33(35-30)36-31(37)18-40-32(38)27-17-29(34-28-6-4-3-5-26(27)28)24-12-11-23-16-25(39-2)14-13-22(23)15-24/h3-17,19H,18H2,1-2H3,(H,35,36,37). The first-order valence-electron chi connectivity index (χ1n) is 12.9. The molecule has 1 N–H and O–H groups in total. The van der Waals surface area contributed by atoms with Gasteiger partial charge in [-0.05, 0) is 48.0 Å². The number of hydrogen-bond donors (Lipinski definition) is 1. The zero-order chi connectivity index (χ0) is 28.3. The number of methoxy groups -OCH3 is 1. The molecule has 0 aliphatic carbocycles. The second-order valence-corrected chi connectivity index (χ2v) is 10.4. The molecule has 8 heteroatoms. The Bertz CT molecular complexity index is 1910. The Kier molecular flexibility index (Phi) is 7.14. The molecule has 2 heterocycles. The summed E-state index contributed by atoms with van der Waals surface area (Å²) in [6.45, 7) is 1.58. The van der Waals surface area contributed by atoms with Crippen LogP contribution in [0.5, 0.6) is 5.75 Å². The van der Waals surface area contributed by atoms with Crippen molar-refractivity contribution in [2.45, 2.75) is 6.92 Å². The molecule has 0 aliphatic rings. The topological polar surface area (TPSA) is 90.4 Å². The number of hydrogen-bond acceptors (Lipinski definition) is 7. The van der Waals surface area contributed by atoms with Crippen molar-refractivity contribution in [1.82, 2.24) is 9.97 Å². The van der Waals surface area contributed by atoms with Crippen LogP contribution in [0.1, 0.15) is 15.9 Å². The number of ether oxygens (including phenoxy) is 2. The molecule has 6 rings (SSSR count). The number of benzene rings is 4. The summed E-state index contributed by atoms with van der Waals surface area (Å²) in [6, 6.07) is 28.9. The minimum Gasteiger partial charge on any atom is -0.497 e. The highest BCUT2D eigenvalue weighted by molar-refractivity contribution is 7.14. The van der Waals surface area contributed by atoms with Gasteiger partial charge in [-0.3, -0.25) is 10.1 Å². The lowest BCUT2D eigenvalue weighted by Crippen LogP contribution is -2.21. The molecule has 41 heavy (non-hydrogen) atoms. The van der Waals surface area contributed by atoms with E-state index in [-0.39, 0.29) is 0 Å². The van der Waals surface area contributed by atoms with Gasteiger partial charge in [0, 0.05) is 21.9 Å². The number of aromatic nitrogens is 2. The van der Waals surface area contributed by atoms with Crippen LogP contribution in [0.3, 0.4) is 0 Å². The number of anilines is 1. The first-order chi connectivity index (χ1) is 20.0. The molecule has 0 aliphatic heterocycles. The van der Waals surface area contributed by atoms with Gasteiger partial charge in [-0.2, -0.15) is 0 Å². The number of thiazole rings is 1. The van der Waals surface area contributed by atoms with Crippen LogP contribution < -0.4 is 10.1 Å². The smallest absolute Gasteiger partial charge is 0.339 e. The van der Waals surface area contributed by atoms with Crippen molar-refractivity contribution in [3.05, 3.63) is 108 Å². The van der Waals surface area contributed by atoms with Crippen molar-refractivity contribution in [2.24, 2.45) is 0 Å². The van der Waals surface area contributed by atoms with Crippen molar-refractivity contribution in [3.63, 3.8) is 0 Å². The Balaban J connectivity index is 1.20. The number of nitrogens with one attached hydrogen (secondary N) is 1. The molecule has 4 aromatic carbocycles. The van der Waals surface area contributed by atoms with E-state index in [1.165, 1.54) is 11.3 Å². The molecule has 0 saturated carbocycles. The summed E-state index contributed by atoms with van der Waals surface area (Å²) < 4.78 is 10.8. The van der Waals surface area contributed by atoms with E-state index in [0.29, 0.717) is 27.3 Å². The van der Waals surface area contributed by atoms with E-state index in [1.54, 1.807) is 13.2 Å². The van der Waals surface area contributed by atoms with E-state index >= 15 is 0 Å². The number of carbonyl (C=O) groups excluding carboxylic acids is 2. The molecule has 7 nitrogen and oxygen atoms in total. The fourth-order valence-corrected chi connectivity index (χ4v) is 5.29. The average Bonchev–Trinajstić information content (AvgIpc) is 3.47. The first-order valence-corrected chi connectivity index (χ1v) is 13.8. The van der Waals surface area contributed by atoms with Crippen molar-refractivity contribution in [1.29, 1.82) is 0 Å². The van der Waals surface area contributed by atoms with Gasteiger partial charge < -0.3 is 9.47 Å². The zero-order valence-corrected chi connectivity index (χ0v) is 23.2. The maximum absolute atomic E-state index is 13.2. The SMILES string of the molecule is COc1ccc2cc(-c3cc(C(=O)OCC(=O)Nc4nc(-c5ccc(C)cc5)cs4)c4ccccc4n3)ccc2c1. The number of nitrogens with zero attached hydrogens (tertiary/aromatic N) is 2. The quantitative estimate of drug-likeness (QED) is 0.207. The molecule has 6 aromatic rings. The minimum absolute atomic E-state index is 0.337. The summed E-state index contributed by atoms with van der Waals surface area (Å²) in [4.78, 5) is 35.1. The lowest BCUT2D eigenvalue weighted by Gasteiger charge is -2.11. The van der Waals surface area contributed by atoms with Crippen molar-refractivity contribution < 1.29 is 19.1 Å². The fourth-order valence-electron chi connectivity index (χ4n) is 4.55. The van der Waals surface area contributed by atoms with Crippen LogP contribution in [0.2, 0.25) is 0 Å². The molecular formula is C33H25N3O4S. The van der Waals surface area contributed by atoms with E-state index in [9.17, 15) is 9.59 Å². The van der Waals surface area contributed by atoms with E-state index in [0.717, 1.165) is 38.9 Å². The van der Waals surface area contributed by atoms with E-state index < -0.39 is 18.5 Å². The Hall–Kier alpha value is -5.08. The Morgan fingerprint density at radius 1 is 0.829 bits per heavy atom. The van der Waals surface area contributed by atoms with Gasteiger partial charge in [-0.1, -0.05) is 66.2 Å². The van der Waals surface area contributed by atoms with Crippen LogP contribution in [-0.2, 0) is 9.53 Å². The number of pyridine rings is 1. The molecular weight excluding hydrogens is 534 g/mol. The van der Waals surface area contributed by atoms with Gasteiger partial charge in [0.25, 0.3) is 5.91 Å². The number of fused-ring (bicyclic) bond motifs is 2. The third kappa shape index (κ3) is 5.64. The third-order valence-electron chi connectivity index (χ3n) is 6.71. The monoisotopic (exact) mass is 559 g/mol. The summed E-state index contributed by atoms with van der Waals surface area (Å²) in [7, 11) is 1.64. The molecule has 0 unspecified atom stereocenters. The summed E-state index contributed by atoms with van der Waals surface area (Å²) in [6.07, 6.45) is 0. The van der Waals surface area contributed by atoms with Gasteiger partial charge in [-0.25, -0.2) is 14.8 Å². The fraction of sp³-hybridized carbons (Fsp3) is 0.0909. The number of aryl methyl sites for hydroxylation is 1. The molecule has 0 atom stereocenters. The maximum Gasteiger partial charge on any atom is 0.339 e. The van der Waals surface area contributed by atoms with E-state index in [4.69, 9.17) is 14.5 Å². The minimum atomic E-state index is -0.606. The summed E-state index contributed by atoms with van der Waals surface area (Å²) >= 11 is 1.31. The number of para-hydroxylation sites is 1. The van der Waals surface area contributed by atoms with Gasteiger partial charge in [0.15, 0.2) is 11.7 Å². The molecule has 1 amide bonds. The third-order valence-corrected chi connectivity index (χ3v) is 7.47. The Labute approximate surface area is 240 Å². The van der Waals surface area contributed by atoms with Gasteiger partial charge in [0.05, 0.1) is 29.6 Å². The number of amides is 1. The van der Waals surface area contributed by atoms with Gasteiger partial charge in [0.2, 0.25) is 0 Å². The molecule has 0 radical (unpaired) electrons. The van der Waals surface area contributed by atoms with Crippen LogP contribution in [0.4, 0.5) is 5.13 Å². The highest BCUT2D eigenvalue weighted by Gasteiger charge is 2.17. The number of carbonyl (C=O) groups is 2. The molecule has 0 spiro atoms. The molecule has 0 fully saturated rings. The van der Waals surface area contributed by atoms with Gasteiger partial charge in [0.1, 0.15) is 5.75 Å². The lowest BCUT2D eigenvalue weighted by molar-refractivity contribution is -0.119. The van der Waals surface area contributed by atoms with E-state index in [2.05, 4.69) is 10.3 Å². The van der Waals surface area contributed by atoms with Crippen LogP contribution in [-0.4, -0.2) is 35.6 Å². The molecule has 2 aromatic heterocycles. The van der Waals surface area contributed by atoms with Crippen LogP contribution in [0.25, 0.3) is 44.2 Å². The normalized spacial score (nSPS) is 11.0. The largest absolute Gasteiger partial charge is 0.497 e. The van der Waals surface area contributed by atoms with Crippen LogP contribution in [0, 0.1) is 6.92 Å². The lowest BCUT2D eigenvalue weighted by atomic mass is 10.0. The predicted octanol–water partition coefficient (Wildman–Crippen LogP) is 7.29. The first kappa shape index (κ1) is 26.2. The maximum atomic E-state index is 13.2. The molecule has 202 valence electrons. The van der Waals surface area contributed by atoms with Gasteiger partial charge >= 0.3 is 5.97 Å². The Morgan fingerprint density at radius 2 is 1.59 bits per heavy atom.